The van der Waals surface area contributed by atoms with Gasteiger partial charge >= 0.3 is 0 Å². The Labute approximate surface area is 138 Å². The lowest BCUT2D eigenvalue weighted by molar-refractivity contribution is -0.115. The van der Waals surface area contributed by atoms with Gasteiger partial charge < -0.3 is 14.6 Å². The Morgan fingerprint density at radius 1 is 1.35 bits per heavy atom. The molecule has 0 atom stereocenters. The third-order valence-corrected chi connectivity index (χ3v) is 3.94. The van der Waals surface area contributed by atoms with E-state index in [1.165, 1.54) is 7.11 Å². The number of fused-ring (bicyclic) bond motifs is 1. The Balaban J connectivity index is 1.81. The molecule has 2 aromatic carbocycles. The van der Waals surface area contributed by atoms with Gasteiger partial charge in [-0.3, -0.25) is 4.79 Å². The van der Waals surface area contributed by atoms with E-state index in [1.807, 2.05) is 31.2 Å². The minimum Gasteiger partial charge on any atom is -0.495 e. The first-order valence-electron chi connectivity index (χ1n) is 7.05. The van der Waals surface area contributed by atoms with E-state index in [2.05, 4.69) is 10.5 Å². The lowest BCUT2D eigenvalue weighted by Crippen LogP contribution is -2.15. The predicted octanol–water partition coefficient (Wildman–Crippen LogP) is 3.98. The van der Waals surface area contributed by atoms with Crippen LogP contribution in [0.4, 0.5) is 5.69 Å². The van der Waals surface area contributed by atoms with Crippen LogP contribution in [0.1, 0.15) is 11.3 Å². The summed E-state index contributed by atoms with van der Waals surface area (Å²) >= 11 is 6.07. The zero-order chi connectivity index (χ0) is 16.4. The number of ether oxygens (including phenoxy) is 1. The van der Waals surface area contributed by atoms with Crippen LogP contribution in [0.15, 0.2) is 40.9 Å². The summed E-state index contributed by atoms with van der Waals surface area (Å²) in [5.41, 5.74) is 2.69. The fraction of sp³-hybridized carbons (Fsp3) is 0.176. The number of rotatable bonds is 4. The van der Waals surface area contributed by atoms with Crippen molar-refractivity contribution in [1.82, 2.24) is 5.16 Å². The molecule has 1 N–H and O–H groups in total. The van der Waals surface area contributed by atoms with Gasteiger partial charge in [0.2, 0.25) is 5.91 Å². The number of aryl methyl sites for hydroxylation is 1. The van der Waals surface area contributed by atoms with Gasteiger partial charge in [-0.05, 0) is 30.7 Å². The molecule has 23 heavy (non-hydrogen) atoms. The lowest BCUT2D eigenvalue weighted by Gasteiger charge is -2.11. The lowest BCUT2D eigenvalue weighted by atomic mass is 10.1. The SMILES string of the molecule is COc1cc(Cl)c(C)cc1NC(=O)Cc1noc2ccccc12. The van der Waals surface area contributed by atoms with Crippen LogP contribution in [0, 0.1) is 6.92 Å². The Morgan fingerprint density at radius 2 is 2.13 bits per heavy atom. The highest BCUT2D eigenvalue weighted by Gasteiger charge is 2.14. The molecule has 0 aliphatic carbocycles. The second-order valence-corrected chi connectivity index (χ2v) is 5.56. The first-order valence-corrected chi connectivity index (χ1v) is 7.43. The number of para-hydroxylation sites is 1. The number of aromatic nitrogens is 1. The Bertz CT molecular complexity index is 873. The summed E-state index contributed by atoms with van der Waals surface area (Å²) in [5.74, 6) is 0.308. The van der Waals surface area contributed by atoms with Crippen molar-refractivity contribution in [2.24, 2.45) is 0 Å². The van der Waals surface area contributed by atoms with Gasteiger partial charge in [0.1, 0.15) is 11.4 Å². The van der Waals surface area contributed by atoms with Gasteiger partial charge in [0, 0.05) is 16.5 Å². The van der Waals surface area contributed by atoms with E-state index in [0.29, 0.717) is 27.7 Å². The van der Waals surface area contributed by atoms with E-state index < -0.39 is 0 Å². The molecule has 0 spiro atoms. The number of methoxy groups -OCH3 is 1. The minimum absolute atomic E-state index is 0.113. The molecule has 5 nitrogen and oxygen atoms in total. The number of carbonyl (C=O) groups excluding carboxylic acids is 1. The van der Waals surface area contributed by atoms with Crippen molar-refractivity contribution < 1.29 is 14.1 Å². The van der Waals surface area contributed by atoms with Crippen molar-refractivity contribution >= 4 is 34.2 Å². The molecule has 3 aromatic rings. The van der Waals surface area contributed by atoms with Crippen molar-refractivity contribution in [2.45, 2.75) is 13.3 Å². The molecule has 0 aliphatic heterocycles. The van der Waals surface area contributed by atoms with Gasteiger partial charge in [-0.2, -0.15) is 0 Å². The number of hydrogen-bond acceptors (Lipinski definition) is 4. The minimum atomic E-state index is -0.205. The monoisotopic (exact) mass is 330 g/mol. The highest BCUT2D eigenvalue weighted by Crippen LogP contribution is 2.31. The molecule has 0 saturated heterocycles. The fourth-order valence-corrected chi connectivity index (χ4v) is 2.50. The maximum Gasteiger partial charge on any atom is 0.230 e. The fourth-order valence-electron chi connectivity index (χ4n) is 2.34. The van der Waals surface area contributed by atoms with Crippen LogP contribution in [0.25, 0.3) is 11.0 Å². The van der Waals surface area contributed by atoms with Crippen LogP contribution in [0.5, 0.6) is 5.75 Å². The first kappa shape index (κ1) is 15.4. The van der Waals surface area contributed by atoms with Crippen LogP contribution in [0.2, 0.25) is 5.02 Å². The Kier molecular flexibility index (Phi) is 4.21. The summed E-state index contributed by atoms with van der Waals surface area (Å²) in [6, 6.07) is 10.9. The van der Waals surface area contributed by atoms with Gasteiger partial charge in [0.15, 0.2) is 5.58 Å². The van der Waals surface area contributed by atoms with Crippen molar-refractivity contribution in [2.75, 3.05) is 12.4 Å². The van der Waals surface area contributed by atoms with Crippen molar-refractivity contribution in [3.8, 4) is 5.75 Å². The van der Waals surface area contributed by atoms with Gasteiger partial charge in [0.05, 0.1) is 19.2 Å². The molecular weight excluding hydrogens is 316 g/mol. The second kappa shape index (κ2) is 6.30. The number of benzene rings is 2. The number of nitrogens with one attached hydrogen (secondary N) is 1. The highest BCUT2D eigenvalue weighted by molar-refractivity contribution is 6.31. The van der Waals surface area contributed by atoms with Crippen molar-refractivity contribution in [3.05, 3.63) is 52.7 Å². The molecule has 6 heteroatoms. The molecule has 0 bridgehead atoms. The van der Waals surface area contributed by atoms with Crippen LogP contribution in [-0.2, 0) is 11.2 Å². The quantitative estimate of drug-likeness (QED) is 0.786. The van der Waals surface area contributed by atoms with Crippen molar-refractivity contribution in [1.29, 1.82) is 0 Å². The zero-order valence-electron chi connectivity index (χ0n) is 12.7. The molecule has 0 radical (unpaired) electrons. The number of anilines is 1. The molecule has 0 saturated carbocycles. The highest BCUT2D eigenvalue weighted by atomic mass is 35.5. The molecule has 118 valence electrons. The smallest absolute Gasteiger partial charge is 0.230 e. The summed E-state index contributed by atoms with van der Waals surface area (Å²) < 4.78 is 10.5. The summed E-state index contributed by atoms with van der Waals surface area (Å²) in [5, 5.41) is 8.21. The molecule has 1 heterocycles. The number of amides is 1. The Morgan fingerprint density at radius 3 is 2.91 bits per heavy atom. The zero-order valence-corrected chi connectivity index (χ0v) is 13.5. The van der Waals surface area contributed by atoms with Crippen LogP contribution < -0.4 is 10.1 Å². The van der Waals surface area contributed by atoms with Crippen molar-refractivity contribution in [3.63, 3.8) is 0 Å². The second-order valence-electron chi connectivity index (χ2n) is 5.15. The maximum absolute atomic E-state index is 12.3. The maximum atomic E-state index is 12.3. The predicted molar refractivity (Wildman–Crippen MR) is 89.1 cm³/mol. The summed E-state index contributed by atoms with van der Waals surface area (Å²) in [7, 11) is 1.53. The van der Waals surface area contributed by atoms with Gasteiger partial charge in [-0.1, -0.05) is 28.9 Å². The summed E-state index contributed by atoms with van der Waals surface area (Å²) in [6.45, 7) is 1.86. The summed E-state index contributed by atoms with van der Waals surface area (Å²) in [4.78, 5) is 12.3. The first-order chi connectivity index (χ1) is 11.1. The molecule has 0 aliphatic rings. The largest absolute Gasteiger partial charge is 0.495 e. The topological polar surface area (TPSA) is 64.4 Å². The molecule has 3 rings (SSSR count). The van der Waals surface area contributed by atoms with Gasteiger partial charge in [-0.15, -0.1) is 0 Å². The number of hydrogen-bond donors (Lipinski definition) is 1. The molecular formula is C17H15ClN2O3. The third kappa shape index (κ3) is 3.14. The average Bonchev–Trinajstić information content (AvgIpc) is 2.94. The van der Waals surface area contributed by atoms with E-state index in [4.69, 9.17) is 20.9 Å². The van der Waals surface area contributed by atoms with E-state index >= 15 is 0 Å². The Hall–Kier alpha value is -2.53. The molecule has 1 aromatic heterocycles. The van der Waals surface area contributed by atoms with Crippen LogP contribution >= 0.6 is 11.6 Å². The number of carbonyl (C=O) groups is 1. The van der Waals surface area contributed by atoms with Gasteiger partial charge in [0.25, 0.3) is 0 Å². The molecule has 0 fully saturated rings. The van der Waals surface area contributed by atoms with Crippen LogP contribution in [-0.4, -0.2) is 18.2 Å². The molecule has 1 amide bonds. The van der Waals surface area contributed by atoms with E-state index in [0.717, 1.165) is 10.9 Å². The third-order valence-electron chi connectivity index (χ3n) is 3.53. The standard InChI is InChI=1S/C17H15ClN2O3/c1-10-7-14(16(22-2)8-12(10)18)19-17(21)9-13-11-5-3-4-6-15(11)23-20-13/h3-8H,9H2,1-2H3,(H,19,21). The van der Waals surface area contributed by atoms with E-state index in [9.17, 15) is 4.79 Å². The van der Waals surface area contributed by atoms with E-state index in [-0.39, 0.29) is 12.3 Å². The van der Waals surface area contributed by atoms with E-state index in [1.54, 1.807) is 12.1 Å². The average molecular weight is 331 g/mol. The number of nitrogens with zero attached hydrogens (tertiary/aromatic N) is 1. The number of halogens is 1. The molecule has 0 unspecified atom stereocenters. The van der Waals surface area contributed by atoms with Gasteiger partial charge in [-0.25, -0.2) is 0 Å². The summed E-state index contributed by atoms with van der Waals surface area (Å²) in [6.07, 6.45) is 0.113. The van der Waals surface area contributed by atoms with Crippen LogP contribution in [0.3, 0.4) is 0 Å². The normalized spacial score (nSPS) is 10.7.